The molecule has 0 aromatic heterocycles. The summed E-state index contributed by atoms with van der Waals surface area (Å²) in [4.78, 5) is 0. The van der Waals surface area contributed by atoms with Crippen molar-refractivity contribution in [1.29, 1.82) is 0 Å². The maximum Gasteiger partial charge on any atom is -0.0533 e. The van der Waals surface area contributed by atoms with Crippen LogP contribution in [0.25, 0.3) is 0 Å². The number of rotatable bonds is 23. The zero-order valence-electron chi connectivity index (χ0n) is 19.4. The SMILES string of the molecule is CCCCCCCCCCCCCCCCCCCCCCCCCC.I. The molecule has 166 valence electrons. The number of halogens is 1. The van der Waals surface area contributed by atoms with E-state index in [1.54, 1.807) is 0 Å². The summed E-state index contributed by atoms with van der Waals surface area (Å²) in [5.41, 5.74) is 0. The fourth-order valence-corrected chi connectivity index (χ4v) is 4.04. The summed E-state index contributed by atoms with van der Waals surface area (Å²) >= 11 is 0. The Bertz CT molecular complexity index is 202. The molecule has 0 fully saturated rings. The molecule has 0 radical (unpaired) electrons. The maximum absolute atomic E-state index is 2.30. The average molecular weight is 495 g/mol. The van der Waals surface area contributed by atoms with Gasteiger partial charge in [-0.2, -0.15) is 0 Å². The Morgan fingerprint density at radius 2 is 0.333 bits per heavy atom. The van der Waals surface area contributed by atoms with Gasteiger partial charge in [-0.05, 0) is 0 Å². The van der Waals surface area contributed by atoms with Gasteiger partial charge in [-0.3, -0.25) is 0 Å². The molecular weight excluding hydrogens is 439 g/mol. The standard InChI is InChI=1S/C26H54.HI/c1-3-5-7-9-11-13-15-17-19-21-23-25-26-24-22-20-18-16-14-12-10-8-6-4-2;/h3-26H2,1-2H3;1H. The number of unbranched alkanes of at least 4 members (excludes halogenated alkanes) is 23. The molecule has 0 aromatic carbocycles. The van der Waals surface area contributed by atoms with Gasteiger partial charge in [0, 0.05) is 0 Å². The van der Waals surface area contributed by atoms with Gasteiger partial charge in [0.1, 0.15) is 0 Å². The van der Waals surface area contributed by atoms with Crippen LogP contribution in [-0.2, 0) is 0 Å². The Kier molecular flexibility index (Phi) is 32.1. The van der Waals surface area contributed by atoms with Crippen LogP contribution in [0.3, 0.4) is 0 Å². The Labute approximate surface area is 191 Å². The van der Waals surface area contributed by atoms with Gasteiger partial charge in [0.2, 0.25) is 0 Å². The highest BCUT2D eigenvalue weighted by molar-refractivity contribution is 14.0. The minimum atomic E-state index is 0. The molecule has 0 heterocycles. The van der Waals surface area contributed by atoms with Crippen molar-refractivity contribution >= 4 is 24.0 Å². The van der Waals surface area contributed by atoms with Crippen LogP contribution in [0.4, 0.5) is 0 Å². The van der Waals surface area contributed by atoms with E-state index >= 15 is 0 Å². The van der Waals surface area contributed by atoms with Crippen molar-refractivity contribution in [3.63, 3.8) is 0 Å². The summed E-state index contributed by atoms with van der Waals surface area (Å²) in [6.45, 7) is 4.61. The van der Waals surface area contributed by atoms with E-state index in [-0.39, 0.29) is 24.0 Å². The van der Waals surface area contributed by atoms with E-state index in [4.69, 9.17) is 0 Å². The van der Waals surface area contributed by atoms with Crippen LogP contribution in [-0.4, -0.2) is 0 Å². The summed E-state index contributed by atoms with van der Waals surface area (Å²) in [7, 11) is 0. The second-order valence-corrected chi connectivity index (χ2v) is 8.78. The smallest absolute Gasteiger partial charge is 0.0533 e. The lowest BCUT2D eigenvalue weighted by molar-refractivity contribution is 0.518. The predicted octanol–water partition coefficient (Wildman–Crippen LogP) is 11.0. The lowest BCUT2D eigenvalue weighted by Crippen LogP contribution is -1.84. The van der Waals surface area contributed by atoms with Crippen molar-refractivity contribution < 1.29 is 0 Å². The van der Waals surface area contributed by atoms with Gasteiger partial charge in [-0.25, -0.2) is 0 Å². The fraction of sp³-hybridized carbons (Fsp3) is 1.00. The molecule has 0 aliphatic rings. The molecule has 0 aliphatic heterocycles. The molecule has 0 spiro atoms. The van der Waals surface area contributed by atoms with Crippen molar-refractivity contribution in [2.24, 2.45) is 0 Å². The topological polar surface area (TPSA) is 0 Å². The summed E-state index contributed by atoms with van der Waals surface area (Å²) < 4.78 is 0. The van der Waals surface area contributed by atoms with Gasteiger partial charge in [-0.15, -0.1) is 24.0 Å². The molecule has 0 atom stereocenters. The van der Waals surface area contributed by atoms with E-state index < -0.39 is 0 Å². The zero-order valence-corrected chi connectivity index (χ0v) is 21.7. The maximum atomic E-state index is 2.30. The van der Waals surface area contributed by atoms with Crippen molar-refractivity contribution in [1.82, 2.24) is 0 Å². The lowest BCUT2D eigenvalue weighted by Gasteiger charge is -2.04. The quantitative estimate of drug-likeness (QED) is 0.0979. The molecule has 0 aliphatic carbocycles. The molecule has 27 heavy (non-hydrogen) atoms. The molecule has 0 aromatic rings. The first kappa shape index (κ1) is 29.9. The molecule has 0 nitrogen and oxygen atoms in total. The molecule has 1 heteroatoms. The third kappa shape index (κ3) is 29.0. The summed E-state index contributed by atoms with van der Waals surface area (Å²) in [5, 5.41) is 0. The normalized spacial score (nSPS) is 10.9. The highest BCUT2D eigenvalue weighted by Crippen LogP contribution is 2.15. The highest BCUT2D eigenvalue weighted by Gasteiger charge is 1.95. The fourth-order valence-electron chi connectivity index (χ4n) is 4.04. The zero-order chi connectivity index (χ0) is 19.0. The molecule has 0 saturated carbocycles. The predicted molar refractivity (Wildman–Crippen MR) is 138 cm³/mol. The molecule has 0 bridgehead atoms. The molecule has 0 N–H and O–H groups in total. The van der Waals surface area contributed by atoms with Crippen LogP contribution in [0.15, 0.2) is 0 Å². The van der Waals surface area contributed by atoms with Gasteiger partial charge >= 0.3 is 0 Å². The third-order valence-electron chi connectivity index (χ3n) is 5.96. The van der Waals surface area contributed by atoms with Gasteiger partial charge < -0.3 is 0 Å². The summed E-state index contributed by atoms with van der Waals surface area (Å²) in [5.74, 6) is 0. The minimum absolute atomic E-state index is 0. The van der Waals surface area contributed by atoms with Gasteiger partial charge in [0.25, 0.3) is 0 Å². The van der Waals surface area contributed by atoms with E-state index in [1.165, 1.54) is 154 Å². The van der Waals surface area contributed by atoms with E-state index in [9.17, 15) is 0 Å². The van der Waals surface area contributed by atoms with Gasteiger partial charge in [0.05, 0.1) is 0 Å². The van der Waals surface area contributed by atoms with E-state index in [0.717, 1.165) is 0 Å². The molecule has 0 saturated heterocycles. The first-order valence-electron chi connectivity index (χ1n) is 12.9. The molecular formula is C26H55I. The van der Waals surface area contributed by atoms with Crippen LogP contribution in [0, 0.1) is 0 Å². The van der Waals surface area contributed by atoms with Gasteiger partial charge in [-0.1, -0.05) is 168 Å². The van der Waals surface area contributed by atoms with Crippen molar-refractivity contribution in [2.75, 3.05) is 0 Å². The third-order valence-corrected chi connectivity index (χ3v) is 5.96. The second-order valence-electron chi connectivity index (χ2n) is 8.78. The van der Waals surface area contributed by atoms with Crippen molar-refractivity contribution in [2.45, 2.75) is 168 Å². The summed E-state index contributed by atoms with van der Waals surface area (Å²) in [6, 6.07) is 0. The molecule has 0 amide bonds. The Balaban J connectivity index is 0. The molecule has 0 rings (SSSR count). The first-order valence-corrected chi connectivity index (χ1v) is 12.9. The number of hydrogen-bond donors (Lipinski definition) is 0. The summed E-state index contributed by atoms with van der Waals surface area (Å²) in [6.07, 6.45) is 35.4. The van der Waals surface area contributed by atoms with Crippen LogP contribution in [0.1, 0.15) is 168 Å². The van der Waals surface area contributed by atoms with Crippen LogP contribution in [0.2, 0.25) is 0 Å². The van der Waals surface area contributed by atoms with E-state index in [2.05, 4.69) is 13.8 Å². The van der Waals surface area contributed by atoms with E-state index in [1.807, 2.05) is 0 Å². The first-order chi connectivity index (χ1) is 12.9. The Morgan fingerprint density at radius 1 is 0.222 bits per heavy atom. The number of hydrogen-bond acceptors (Lipinski definition) is 0. The Hall–Kier alpha value is 0.730. The minimum Gasteiger partial charge on any atom is -0.107 e. The molecule has 0 unspecified atom stereocenters. The Morgan fingerprint density at radius 3 is 0.444 bits per heavy atom. The van der Waals surface area contributed by atoms with Crippen molar-refractivity contribution in [3.8, 4) is 0 Å². The highest BCUT2D eigenvalue weighted by atomic mass is 127. The van der Waals surface area contributed by atoms with Crippen LogP contribution < -0.4 is 0 Å². The van der Waals surface area contributed by atoms with Crippen molar-refractivity contribution in [3.05, 3.63) is 0 Å². The monoisotopic (exact) mass is 494 g/mol. The largest absolute Gasteiger partial charge is 0.107 e. The second kappa shape index (κ2) is 28.9. The lowest BCUT2D eigenvalue weighted by atomic mass is 10.0. The van der Waals surface area contributed by atoms with Crippen LogP contribution in [0.5, 0.6) is 0 Å². The van der Waals surface area contributed by atoms with Crippen LogP contribution >= 0.6 is 24.0 Å². The average Bonchev–Trinajstić information content (AvgIpc) is 2.66. The van der Waals surface area contributed by atoms with Gasteiger partial charge in [0.15, 0.2) is 0 Å². The van der Waals surface area contributed by atoms with E-state index in [0.29, 0.717) is 0 Å².